The fourth-order valence-corrected chi connectivity index (χ4v) is 4.83. The van der Waals surface area contributed by atoms with Gasteiger partial charge in [-0.1, -0.05) is 19.0 Å². The van der Waals surface area contributed by atoms with Crippen LogP contribution in [0.4, 0.5) is 5.88 Å². The number of hydrogen-bond donors (Lipinski definition) is 1. The third-order valence-corrected chi connectivity index (χ3v) is 7.82. The van der Waals surface area contributed by atoms with Crippen LogP contribution >= 0.6 is 11.8 Å². The second kappa shape index (κ2) is 10.7. The summed E-state index contributed by atoms with van der Waals surface area (Å²) in [5.41, 5.74) is 0.360. The molecule has 3 atom stereocenters. The van der Waals surface area contributed by atoms with Gasteiger partial charge in [0.25, 0.3) is 0 Å². The second-order valence-electron chi connectivity index (χ2n) is 9.70. The van der Waals surface area contributed by atoms with Gasteiger partial charge in [0, 0.05) is 31.3 Å². The van der Waals surface area contributed by atoms with Gasteiger partial charge in [0.15, 0.2) is 6.29 Å². The summed E-state index contributed by atoms with van der Waals surface area (Å²) < 4.78 is 22.2. The molecule has 3 heterocycles. The van der Waals surface area contributed by atoms with Crippen molar-refractivity contribution < 1.29 is 23.5 Å². The number of nitrogens with one attached hydrogen (secondary N) is 1. The summed E-state index contributed by atoms with van der Waals surface area (Å²) in [6.07, 6.45) is 5.05. The van der Waals surface area contributed by atoms with E-state index in [4.69, 9.17) is 18.7 Å². The molecule has 0 saturated carbocycles. The molecule has 0 aromatic carbocycles. The molecule has 3 rings (SSSR count). The molecule has 0 aliphatic carbocycles. The van der Waals surface area contributed by atoms with Crippen LogP contribution in [0.3, 0.4) is 0 Å². The Morgan fingerprint density at radius 3 is 2.77 bits per heavy atom. The van der Waals surface area contributed by atoms with E-state index < -0.39 is 4.75 Å². The van der Waals surface area contributed by atoms with Gasteiger partial charge in [0.2, 0.25) is 11.8 Å². The molecule has 0 spiro atoms. The summed E-state index contributed by atoms with van der Waals surface area (Å²) in [7, 11) is 0. The van der Waals surface area contributed by atoms with Crippen LogP contribution in [0.5, 0.6) is 0 Å². The van der Waals surface area contributed by atoms with Gasteiger partial charge in [0.05, 0.1) is 16.5 Å². The largest absolute Gasteiger partial charge is 0.381 e. The Labute approximate surface area is 190 Å². The molecule has 1 amide bonds. The maximum atomic E-state index is 12.8. The number of rotatable bonds is 10. The average molecular weight is 455 g/mol. The van der Waals surface area contributed by atoms with Crippen LogP contribution < -0.4 is 5.32 Å². The Kier molecular flexibility index (Phi) is 8.46. The van der Waals surface area contributed by atoms with Crippen molar-refractivity contribution in [3.05, 3.63) is 11.8 Å². The first-order chi connectivity index (χ1) is 14.7. The van der Waals surface area contributed by atoms with Crippen LogP contribution in [0.25, 0.3) is 0 Å². The minimum absolute atomic E-state index is 0.0828. The number of anilines is 1. The van der Waals surface area contributed by atoms with Gasteiger partial charge in [-0.2, -0.15) is 0 Å². The highest BCUT2D eigenvalue weighted by Gasteiger charge is 2.35. The minimum atomic E-state index is -0.559. The quantitative estimate of drug-likeness (QED) is 0.546. The zero-order chi connectivity index (χ0) is 22.5. The van der Waals surface area contributed by atoms with Crippen molar-refractivity contribution in [2.75, 3.05) is 30.9 Å². The van der Waals surface area contributed by atoms with Crippen LogP contribution in [0.1, 0.15) is 72.4 Å². The van der Waals surface area contributed by atoms with Crippen LogP contribution in [0.2, 0.25) is 0 Å². The van der Waals surface area contributed by atoms with Crippen molar-refractivity contribution in [2.24, 2.45) is 5.92 Å². The van der Waals surface area contributed by atoms with Crippen LogP contribution in [-0.4, -0.2) is 53.8 Å². The first-order valence-electron chi connectivity index (χ1n) is 11.5. The molecule has 2 aliphatic rings. The van der Waals surface area contributed by atoms with Crippen molar-refractivity contribution in [3.63, 3.8) is 0 Å². The molecular weight excluding hydrogens is 416 g/mol. The normalized spacial score (nSPS) is 23.6. The van der Waals surface area contributed by atoms with Crippen LogP contribution in [0, 0.1) is 5.92 Å². The Hall–Kier alpha value is -1.09. The zero-order valence-electron chi connectivity index (χ0n) is 19.6. The molecule has 0 bridgehead atoms. The van der Waals surface area contributed by atoms with E-state index in [-0.39, 0.29) is 23.7 Å². The predicted molar refractivity (Wildman–Crippen MR) is 122 cm³/mol. The topological polar surface area (TPSA) is 82.8 Å². The number of amides is 1. The molecular formula is C23H38N2O5S. The maximum absolute atomic E-state index is 12.8. The van der Waals surface area contributed by atoms with Gasteiger partial charge in [-0.15, -0.1) is 11.8 Å². The number of nitrogens with zero attached hydrogens (tertiary/aromatic N) is 1. The van der Waals surface area contributed by atoms with Crippen LogP contribution in [0.15, 0.2) is 10.6 Å². The standard InChI is InChI=1S/C23H38N2O5S/c1-16(29-20-8-6-7-11-28-20)22(2,3)18-14-19(30-25-18)24-21(26)23(4,5)31-13-10-17-9-12-27-15-17/h14,16-17,20H,6-13,15H2,1-5H3,(H,24,26). The Morgan fingerprint density at radius 2 is 2.10 bits per heavy atom. The van der Waals surface area contributed by atoms with E-state index in [0.717, 1.165) is 63.4 Å². The molecule has 2 fully saturated rings. The molecule has 2 saturated heterocycles. The second-order valence-corrected chi connectivity index (χ2v) is 11.4. The lowest BCUT2D eigenvalue weighted by molar-refractivity contribution is -0.196. The molecule has 176 valence electrons. The number of thioether (sulfide) groups is 1. The van der Waals surface area contributed by atoms with Gasteiger partial charge in [-0.3, -0.25) is 10.1 Å². The first kappa shape index (κ1) is 24.6. The molecule has 2 aliphatic heterocycles. The lowest BCUT2D eigenvalue weighted by Gasteiger charge is -2.34. The Morgan fingerprint density at radius 1 is 1.29 bits per heavy atom. The summed E-state index contributed by atoms with van der Waals surface area (Å²) in [6.45, 7) is 12.5. The fraction of sp³-hybridized carbons (Fsp3) is 0.826. The van der Waals surface area contributed by atoms with E-state index >= 15 is 0 Å². The monoisotopic (exact) mass is 454 g/mol. The summed E-state index contributed by atoms with van der Waals surface area (Å²) in [4.78, 5) is 12.8. The SMILES string of the molecule is CC(OC1CCCCO1)C(C)(C)c1cc(NC(=O)C(C)(C)SCCC2CCOC2)on1. The summed E-state index contributed by atoms with van der Waals surface area (Å²) in [5.74, 6) is 1.84. The fourth-order valence-electron chi connectivity index (χ4n) is 3.68. The van der Waals surface area contributed by atoms with Crippen molar-refractivity contribution in [2.45, 2.75) is 89.3 Å². The predicted octanol–water partition coefficient (Wildman–Crippen LogP) is 4.76. The number of carbonyl (C=O) groups is 1. The lowest BCUT2D eigenvalue weighted by atomic mass is 9.84. The van der Waals surface area contributed by atoms with E-state index in [1.54, 1.807) is 17.8 Å². The van der Waals surface area contributed by atoms with Gasteiger partial charge in [-0.25, -0.2) is 0 Å². The number of hydrogen-bond acceptors (Lipinski definition) is 7. The molecule has 31 heavy (non-hydrogen) atoms. The summed E-state index contributed by atoms with van der Waals surface area (Å²) in [5, 5.41) is 7.11. The van der Waals surface area contributed by atoms with E-state index in [9.17, 15) is 4.79 Å². The molecule has 1 aromatic rings. The minimum Gasteiger partial charge on any atom is -0.381 e. The number of ether oxygens (including phenoxy) is 3. The smallest absolute Gasteiger partial charge is 0.242 e. The third kappa shape index (κ3) is 6.70. The molecule has 1 N–H and O–H groups in total. The van der Waals surface area contributed by atoms with E-state index in [1.165, 1.54) is 0 Å². The summed E-state index contributed by atoms with van der Waals surface area (Å²) >= 11 is 1.67. The lowest BCUT2D eigenvalue weighted by Crippen LogP contribution is -2.38. The van der Waals surface area contributed by atoms with Crippen LogP contribution in [-0.2, 0) is 24.4 Å². The van der Waals surface area contributed by atoms with E-state index in [1.807, 2.05) is 20.8 Å². The van der Waals surface area contributed by atoms with Crippen molar-refractivity contribution in [1.29, 1.82) is 0 Å². The van der Waals surface area contributed by atoms with Gasteiger partial charge in [-0.05, 0) is 64.5 Å². The Bertz CT molecular complexity index is 709. The molecule has 8 heteroatoms. The van der Waals surface area contributed by atoms with E-state index in [2.05, 4.69) is 24.3 Å². The van der Waals surface area contributed by atoms with E-state index in [0.29, 0.717) is 11.8 Å². The number of aromatic nitrogens is 1. The number of carbonyl (C=O) groups excluding carboxylic acids is 1. The first-order valence-corrected chi connectivity index (χ1v) is 12.4. The third-order valence-electron chi connectivity index (χ3n) is 6.48. The molecule has 7 nitrogen and oxygen atoms in total. The maximum Gasteiger partial charge on any atom is 0.242 e. The van der Waals surface area contributed by atoms with Crippen molar-refractivity contribution in [3.8, 4) is 0 Å². The summed E-state index contributed by atoms with van der Waals surface area (Å²) in [6, 6.07) is 1.80. The van der Waals surface area contributed by atoms with Gasteiger partial charge < -0.3 is 18.7 Å². The van der Waals surface area contributed by atoms with Gasteiger partial charge in [0.1, 0.15) is 0 Å². The van der Waals surface area contributed by atoms with Crippen molar-refractivity contribution >= 4 is 23.6 Å². The highest BCUT2D eigenvalue weighted by Crippen LogP contribution is 2.33. The highest BCUT2D eigenvalue weighted by atomic mass is 32.2. The molecule has 0 radical (unpaired) electrons. The zero-order valence-corrected chi connectivity index (χ0v) is 20.4. The highest BCUT2D eigenvalue weighted by molar-refractivity contribution is 8.01. The van der Waals surface area contributed by atoms with Crippen molar-refractivity contribution in [1.82, 2.24) is 5.16 Å². The average Bonchev–Trinajstić information content (AvgIpc) is 3.41. The molecule has 1 aromatic heterocycles. The Balaban J connectivity index is 1.51. The molecule has 3 unspecified atom stereocenters. The van der Waals surface area contributed by atoms with Gasteiger partial charge >= 0.3 is 0 Å².